The van der Waals surface area contributed by atoms with Gasteiger partial charge in [0.2, 0.25) is 0 Å². The lowest BCUT2D eigenvalue weighted by Crippen LogP contribution is -2.62. The zero-order valence-electron chi connectivity index (χ0n) is 16.9. The molecule has 27 heavy (non-hydrogen) atoms. The van der Waals surface area contributed by atoms with E-state index in [1.807, 2.05) is 55.5 Å². The van der Waals surface area contributed by atoms with Crippen molar-refractivity contribution in [2.45, 2.75) is 64.6 Å². The van der Waals surface area contributed by atoms with E-state index in [4.69, 9.17) is 4.74 Å². The van der Waals surface area contributed by atoms with Gasteiger partial charge >= 0.3 is 0 Å². The lowest BCUT2D eigenvalue weighted by atomic mass is 9.79. The third-order valence-corrected chi connectivity index (χ3v) is 4.93. The number of rotatable bonds is 4. The van der Waals surface area contributed by atoms with Crippen LogP contribution in [0.15, 0.2) is 48.5 Å². The molecule has 1 heterocycles. The SMILES string of the molecule is Cc1cc(C(=O)NC2CC(C)(C)NC(C)(C)C2)ccc1Oc1ccccc1. The monoisotopic (exact) mass is 366 g/mol. The van der Waals surface area contributed by atoms with Gasteiger partial charge in [-0.05, 0) is 83.4 Å². The summed E-state index contributed by atoms with van der Waals surface area (Å²) in [4.78, 5) is 12.8. The van der Waals surface area contributed by atoms with Gasteiger partial charge in [0.05, 0.1) is 0 Å². The van der Waals surface area contributed by atoms with Crippen LogP contribution in [0.25, 0.3) is 0 Å². The van der Waals surface area contributed by atoms with Gasteiger partial charge in [0.1, 0.15) is 11.5 Å². The van der Waals surface area contributed by atoms with E-state index in [1.165, 1.54) is 0 Å². The molecule has 0 aliphatic carbocycles. The molecule has 0 radical (unpaired) electrons. The van der Waals surface area contributed by atoms with Crippen molar-refractivity contribution in [3.8, 4) is 11.5 Å². The van der Waals surface area contributed by atoms with Crippen LogP contribution in [0.1, 0.15) is 56.5 Å². The highest BCUT2D eigenvalue weighted by Crippen LogP contribution is 2.29. The second-order valence-corrected chi connectivity index (χ2v) is 8.87. The van der Waals surface area contributed by atoms with Gasteiger partial charge in [-0.2, -0.15) is 0 Å². The summed E-state index contributed by atoms with van der Waals surface area (Å²) in [6, 6.07) is 15.4. The number of carbonyl (C=O) groups excluding carboxylic acids is 1. The van der Waals surface area contributed by atoms with Crippen molar-refractivity contribution >= 4 is 5.91 Å². The van der Waals surface area contributed by atoms with E-state index >= 15 is 0 Å². The maximum absolute atomic E-state index is 12.8. The topological polar surface area (TPSA) is 50.4 Å². The number of para-hydroxylation sites is 1. The standard InChI is InChI=1S/C23H30N2O2/c1-16-13-17(11-12-20(16)27-19-9-7-6-8-10-19)21(26)24-18-14-22(2,3)25-23(4,5)15-18/h6-13,18,25H,14-15H2,1-5H3,(H,24,26). The van der Waals surface area contributed by atoms with Crippen LogP contribution in [0.3, 0.4) is 0 Å². The lowest BCUT2D eigenvalue weighted by Gasteiger charge is -2.46. The first-order valence-electron chi connectivity index (χ1n) is 9.57. The Morgan fingerprint density at radius 1 is 1.04 bits per heavy atom. The third-order valence-electron chi connectivity index (χ3n) is 4.93. The molecule has 144 valence electrons. The van der Waals surface area contributed by atoms with Crippen LogP contribution in [-0.2, 0) is 0 Å². The Labute approximate surface area is 162 Å². The van der Waals surface area contributed by atoms with Crippen molar-refractivity contribution in [1.29, 1.82) is 0 Å². The molecule has 0 spiro atoms. The molecule has 2 aromatic carbocycles. The van der Waals surface area contributed by atoms with Gasteiger partial charge in [-0.15, -0.1) is 0 Å². The summed E-state index contributed by atoms with van der Waals surface area (Å²) >= 11 is 0. The van der Waals surface area contributed by atoms with Gasteiger partial charge < -0.3 is 15.4 Å². The van der Waals surface area contributed by atoms with E-state index in [0.29, 0.717) is 5.56 Å². The lowest BCUT2D eigenvalue weighted by molar-refractivity contribution is 0.0873. The molecule has 4 heteroatoms. The summed E-state index contributed by atoms with van der Waals surface area (Å²) in [7, 11) is 0. The maximum atomic E-state index is 12.8. The number of amides is 1. The van der Waals surface area contributed by atoms with Crippen LogP contribution in [-0.4, -0.2) is 23.0 Å². The van der Waals surface area contributed by atoms with E-state index in [9.17, 15) is 4.79 Å². The number of benzene rings is 2. The van der Waals surface area contributed by atoms with E-state index in [2.05, 4.69) is 38.3 Å². The van der Waals surface area contributed by atoms with Crippen LogP contribution in [0.5, 0.6) is 11.5 Å². The van der Waals surface area contributed by atoms with E-state index in [0.717, 1.165) is 29.9 Å². The Morgan fingerprint density at radius 2 is 1.67 bits per heavy atom. The molecular weight excluding hydrogens is 336 g/mol. The van der Waals surface area contributed by atoms with Crippen molar-refractivity contribution in [2.24, 2.45) is 0 Å². The molecule has 0 atom stereocenters. The van der Waals surface area contributed by atoms with Crippen molar-refractivity contribution in [3.05, 3.63) is 59.7 Å². The predicted molar refractivity (Wildman–Crippen MR) is 109 cm³/mol. The molecule has 1 aliphatic rings. The van der Waals surface area contributed by atoms with Crippen LogP contribution < -0.4 is 15.4 Å². The van der Waals surface area contributed by atoms with Crippen molar-refractivity contribution in [1.82, 2.24) is 10.6 Å². The second-order valence-electron chi connectivity index (χ2n) is 8.87. The Hall–Kier alpha value is -2.33. The largest absolute Gasteiger partial charge is 0.457 e. The normalized spacial score (nSPS) is 18.7. The molecule has 1 fully saturated rings. The highest BCUT2D eigenvalue weighted by molar-refractivity contribution is 5.94. The first-order valence-corrected chi connectivity index (χ1v) is 9.57. The van der Waals surface area contributed by atoms with Crippen LogP contribution in [0.4, 0.5) is 0 Å². The molecule has 0 bridgehead atoms. The van der Waals surface area contributed by atoms with Crippen molar-refractivity contribution < 1.29 is 9.53 Å². The molecule has 0 saturated carbocycles. The van der Waals surface area contributed by atoms with Crippen LogP contribution in [0, 0.1) is 6.92 Å². The van der Waals surface area contributed by atoms with Gasteiger partial charge in [-0.25, -0.2) is 0 Å². The molecule has 0 aromatic heterocycles. The molecule has 2 N–H and O–H groups in total. The summed E-state index contributed by atoms with van der Waals surface area (Å²) in [5.74, 6) is 1.53. The first kappa shape index (κ1) is 19.4. The van der Waals surface area contributed by atoms with Crippen LogP contribution >= 0.6 is 0 Å². The number of piperidine rings is 1. The van der Waals surface area contributed by atoms with Gasteiger partial charge in [0, 0.05) is 22.7 Å². The molecule has 0 unspecified atom stereocenters. The number of ether oxygens (including phenoxy) is 1. The summed E-state index contributed by atoms with van der Waals surface area (Å²) in [6.07, 6.45) is 1.83. The van der Waals surface area contributed by atoms with E-state index < -0.39 is 0 Å². The minimum absolute atomic E-state index is 0.00297. The average molecular weight is 367 g/mol. The van der Waals surface area contributed by atoms with Crippen molar-refractivity contribution in [2.75, 3.05) is 0 Å². The van der Waals surface area contributed by atoms with E-state index in [1.54, 1.807) is 0 Å². The first-order chi connectivity index (χ1) is 12.6. The van der Waals surface area contributed by atoms with Crippen LogP contribution in [0.2, 0.25) is 0 Å². The highest BCUT2D eigenvalue weighted by atomic mass is 16.5. The second kappa shape index (κ2) is 7.35. The van der Waals surface area contributed by atoms with Gasteiger partial charge in [0.25, 0.3) is 5.91 Å². The number of hydrogen-bond donors (Lipinski definition) is 2. The quantitative estimate of drug-likeness (QED) is 0.815. The molecule has 1 amide bonds. The zero-order valence-corrected chi connectivity index (χ0v) is 16.9. The fraction of sp³-hybridized carbons (Fsp3) is 0.435. The predicted octanol–water partition coefficient (Wildman–Crippen LogP) is 4.83. The van der Waals surface area contributed by atoms with Gasteiger partial charge in [-0.1, -0.05) is 18.2 Å². The Morgan fingerprint density at radius 3 is 2.26 bits per heavy atom. The number of carbonyl (C=O) groups is 1. The zero-order chi connectivity index (χ0) is 19.7. The highest BCUT2D eigenvalue weighted by Gasteiger charge is 2.38. The van der Waals surface area contributed by atoms with Gasteiger partial charge in [-0.3, -0.25) is 4.79 Å². The average Bonchev–Trinajstić information content (AvgIpc) is 2.54. The number of aryl methyl sites for hydroxylation is 1. The maximum Gasteiger partial charge on any atom is 0.251 e. The fourth-order valence-corrected chi connectivity index (χ4v) is 4.21. The molecular formula is C23H30N2O2. The summed E-state index contributed by atoms with van der Waals surface area (Å²) in [5, 5.41) is 6.87. The smallest absolute Gasteiger partial charge is 0.251 e. The molecule has 1 saturated heterocycles. The molecule has 4 nitrogen and oxygen atoms in total. The summed E-state index contributed by atoms with van der Waals surface area (Å²) in [5.41, 5.74) is 1.62. The Balaban J connectivity index is 1.69. The molecule has 1 aliphatic heterocycles. The minimum atomic E-state index is -0.0251. The van der Waals surface area contributed by atoms with Crippen molar-refractivity contribution in [3.63, 3.8) is 0 Å². The molecule has 2 aromatic rings. The Kier molecular flexibility index (Phi) is 5.29. The Bertz CT molecular complexity index is 796. The third kappa shape index (κ3) is 5.10. The van der Waals surface area contributed by atoms with E-state index in [-0.39, 0.29) is 23.0 Å². The number of nitrogens with one attached hydrogen (secondary N) is 2. The minimum Gasteiger partial charge on any atom is -0.457 e. The summed E-state index contributed by atoms with van der Waals surface area (Å²) < 4.78 is 5.91. The fourth-order valence-electron chi connectivity index (χ4n) is 4.21. The van der Waals surface area contributed by atoms with Gasteiger partial charge in [0.15, 0.2) is 0 Å². The summed E-state index contributed by atoms with van der Waals surface area (Å²) in [6.45, 7) is 10.7. The number of hydrogen-bond acceptors (Lipinski definition) is 3. The molecule has 3 rings (SSSR count).